The van der Waals surface area contributed by atoms with Crippen LogP contribution in [0, 0.1) is 11.8 Å². The molecular weight excluding hydrogens is 198 g/mol. The fourth-order valence-electron chi connectivity index (χ4n) is 2.69. The molecule has 86 valence electrons. The molecule has 0 saturated heterocycles. The molecule has 3 atom stereocenters. The fraction of sp³-hybridized carbons (Fsp3) is 0.571. The minimum Gasteiger partial charge on any atom is -0.493 e. The lowest BCUT2D eigenvalue weighted by Crippen LogP contribution is -2.15. The Morgan fingerprint density at radius 3 is 3.00 bits per heavy atom. The van der Waals surface area contributed by atoms with Gasteiger partial charge in [-0.05, 0) is 48.3 Å². The number of ether oxygens (including phenoxy) is 1. The lowest BCUT2D eigenvalue weighted by Gasteiger charge is -2.20. The van der Waals surface area contributed by atoms with Gasteiger partial charge in [0.25, 0.3) is 0 Å². The average molecular weight is 217 g/mol. The molecule has 2 nitrogen and oxygen atoms in total. The van der Waals surface area contributed by atoms with Gasteiger partial charge in [-0.1, -0.05) is 19.1 Å². The first-order chi connectivity index (χ1) is 7.75. The first kappa shape index (κ1) is 10.2. The molecule has 0 radical (unpaired) electrons. The van der Waals surface area contributed by atoms with Gasteiger partial charge in [-0.15, -0.1) is 0 Å². The average Bonchev–Trinajstić information content (AvgIpc) is 3.05. The highest BCUT2D eigenvalue weighted by Crippen LogP contribution is 2.46. The topological polar surface area (TPSA) is 35.2 Å². The zero-order valence-corrected chi connectivity index (χ0v) is 9.78. The summed E-state index contributed by atoms with van der Waals surface area (Å²) in [4.78, 5) is 0. The SMILES string of the molecule is CC1CC1C(N)c1ccc2c(c1)CCCO2. The second-order valence-corrected chi connectivity index (χ2v) is 5.22. The molecule has 2 heteroatoms. The van der Waals surface area contributed by atoms with Crippen LogP contribution in [0.25, 0.3) is 0 Å². The monoisotopic (exact) mass is 217 g/mol. The Bertz CT molecular complexity index is 402. The van der Waals surface area contributed by atoms with Crippen molar-refractivity contribution in [2.75, 3.05) is 6.61 Å². The van der Waals surface area contributed by atoms with Crippen molar-refractivity contribution in [3.05, 3.63) is 29.3 Å². The van der Waals surface area contributed by atoms with Gasteiger partial charge in [-0.3, -0.25) is 0 Å². The Morgan fingerprint density at radius 1 is 1.44 bits per heavy atom. The third kappa shape index (κ3) is 1.71. The summed E-state index contributed by atoms with van der Waals surface area (Å²) in [5.74, 6) is 2.57. The van der Waals surface area contributed by atoms with Crippen molar-refractivity contribution in [3.8, 4) is 5.75 Å². The molecule has 0 amide bonds. The number of nitrogens with two attached hydrogens (primary N) is 1. The zero-order valence-electron chi connectivity index (χ0n) is 9.78. The number of rotatable bonds is 2. The molecule has 1 aliphatic carbocycles. The molecule has 1 aromatic rings. The summed E-state index contributed by atoms with van der Waals surface area (Å²) in [5.41, 5.74) is 8.91. The van der Waals surface area contributed by atoms with E-state index < -0.39 is 0 Å². The van der Waals surface area contributed by atoms with E-state index in [-0.39, 0.29) is 6.04 Å². The summed E-state index contributed by atoms with van der Waals surface area (Å²) >= 11 is 0. The second-order valence-electron chi connectivity index (χ2n) is 5.22. The normalized spacial score (nSPS) is 29.1. The quantitative estimate of drug-likeness (QED) is 0.826. The molecule has 1 heterocycles. The van der Waals surface area contributed by atoms with Crippen LogP contribution in [0.15, 0.2) is 18.2 Å². The molecule has 0 spiro atoms. The zero-order chi connectivity index (χ0) is 11.1. The van der Waals surface area contributed by atoms with E-state index in [9.17, 15) is 0 Å². The van der Waals surface area contributed by atoms with Gasteiger partial charge in [-0.25, -0.2) is 0 Å². The van der Waals surface area contributed by atoms with Gasteiger partial charge < -0.3 is 10.5 Å². The molecular formula is C14H19NO. The van der Waals surface area contributed by atoms with Crippen molar-refractivity contribution in [2.24, 2.45) is 17.6 Å². The van der Waals surface area contributed by atoms with E-state index >= 15 is 0 Å². The summed E-state index contributed by atoms with van der Waals surface area (Å²) in [7, 11) is 0. The molecule has 1 fully saturated rings. The summed E-state index contributed by atoms with van der Waals surface area (Å²) in [5, 5.41) is 0. The van der Waals surface area contributed by atoms with Crippen molar-refractivity contribution < 1.29 is 4.74 Å². The fourth-order valence-corrected chi connectivity index (χ4v) is 2.69. The highest BCUT2D eigenvalue weighted by molar-refractivity contribution is 5.40. The van der Waals surface area contributed by atoms with Crippen LogP contribution in [0.4, 0.5) is 0 Å². The molecule has 0 aromatic heterocycles. The van der Waals surface area contributed by atoms with E-state index in [4.69, 9.17) is 10.5 Å². The summed E-state index contributed by atoms with van der Waals surface area (Å²) in [6.45, 7) is 3.14. The van der Waals surface area contributed by atoms with Crippen molar-refractivity contribution in [2.45, 2.75) is 32.2 Å². The van der Waals surface area contributed by atoms with E-state index in [1.807, 2.05) is 0 Å². The maximum atomic E-state index is 6.28. The largest absolute Gasteiger partial charge is 0.493 e. The summed E-state index contributed by atoms with van der Waals surface area (Å²) in [6.07, 6.45) is 3.55. The number of aryl methyl sites for hydroxylation is 1. The molecule has 1 saturated carbocycles. The van der Waals surface area contributed by atoms with Gasteiger partial charge in [0, 0.05) is 6.04 Å². The third-order valence-electron chi connectivity index (χ3n) is 3.95. The minimum atomic E-state index is 0.224. The lowest BCUT2D eigenvalue weighted by atomic mass is 9.97. The number of hydrogen-bond acceptors (Lipinski definition) is 2. The highest BCUT2D eigenvalue weighted by atomic mass is 16.5. The molecule has 16 heavy (non-hydrogen) atoms. The van der Waals surface area contributed by atoms with Gasteiger partial charge in [0.2, 0.25) is 0 Å². The van der Waals surface area contributed by atoms with Gasteiger partial charge in [0.15, 0.2) is 0 Å². The van der Waals surface area contributed by atoms with Gasteiger partial charge in [-0.2, -0.15) is 0 Å². The Hall–Kier alpha value is -1.02. The maximum absolute atomic E-state index is 6.28. The lowest BCUT2D eigenvalue weighted by molar-refractivity contribution is 0.288. The first-order valence-corrected chi connectivity index (χ1v) is 6.27. The standard InChI is InChI=1S/C14H19NO/c1-9-7-12(9)14(15)11-4-5-13-10(8-11)3-2-6-16-13/h4-5,8-9,12,14H,2-3,6-7,15H2,1H3. The maximum Gasteiger partial charge on any atom is 0.122 e. The van der Waals surface area contributed by atoms with Gasteiger partial charge in [0.1, 0.15) is 5.75 Å². The van der Waals surface area contributed by atoms with Crippen LogP contribution in [0.2, 0.25) is 0 Å². The Morgan fingerprint density at radius 2 is 2.25 bits per heavy atom. The summed E-state index contributed by atoms with van der Waals surface area (Å²) in [6, 6.07) is 6.71. The van der Waals surface area contributed by atoms with E-state index in [2.05, 4.69) is 25.1 Å². The first-order valence-electron chi connectivity index (χ1n) is 6.27. The molecule has 1 aliphatic heterocycles. The Kier molecular flexibility index (Phi) is 2.40. The Labute approximate surface area is 96.8 Å². The smallest absolute Gasteiger partial charge is 0.122 e. The van der Waals surface area contributed by atoms with Crippen molar-refractivity contribution in [1.29, 1.82) is 0 Å². The molecule has 2 aliphatic rings. The van der Waals surface area contributed by atoms with Crippen LogP contribution in [0.3, 0.4) is 0 Å². The van der Waals surface area contributed by atoms with Crippen LogP contribution < -0.4 is 10.5 Å². The summed E-state index contributed by atoms with van der Waals surface area (Å²) < 4.78 is 5.61. The molecule has 0 bridgehead atoms. The van der Waals surface area contributed by atoms with Crippen molar-refractivity contribution in [1.82, 2.24) is 0 Å². The van der Waals surface area contributed by atoms with Crippen LogP contribution in [0.5, 0.6) is 5.75 Å². The highest BCUT2D eigenvalue weighted by Gasteiger charge is 2.38. The predicted octanol–water partition coefficient (Wildman–Crippen LogP) is 2.67. The minimum absolute atomic E-state index is 0.224. The van der Waals surface area contributed by atoms with Crippen LogP contribution in [-0.2, 0) is 6.42 Å². The van der Waals surface area contributed by atoms with Crippen molar-refractivity contribution >= 4 is 0 Å². The van der Waals surface area contributed by atoms with Gasteiger partial charge >= 0.3 is 0 Å². The van der Waals surface area contributed by atoms with E-state index in [1.165, 1.54) is 17.5 Å². The molecule has 3 rings (SSSR count). The number of hydrogen-bond donors (Lipinski definition) is 1. The van der Waals surface area contributed by atoms with Gasteiger partial charge in [0.05, 0.1) is 6.61 Å². The molecule has 3 unspecified atom stereocenters. The number of benzene rings is 1. The van der Waals surface area contributed by atoms with E-state index in [1.54, 1.807) is 0 Å². The van der Waals surface area contributed by atoms with Crippen molar-refractivity contribution in [3.63, 3.8) is 0 Å². The van der Waals surface area contributed by atoms with E-state index in [0.717, 1.165) is 31.1 Å². The number of fused-ring (bicyclic) bond motifs is 1. The molecule has 2 N–H and O–H groups in total. The van der Waals surface area contributed by atoms with Crippen LogP contribution in [-0.4, -0.2) is 6.61 Å². The Balaban J connectivity index is 1.85. The van der Waals surface area contributed by atoms with E-state index in [0.29, 0.717) is 5.92 Å². The predicted molar refractivity (Wildman–Crippen MR) is 64.5 cm³/mol. The van der Waals surface area contributed by atoms with Crippen LogP contribution in [0.1, 0.15) is 36.9 Å². The molecule has 1 aromatic carbocycles. The second kappa shape index (κ2) is 3.77. The third-order valence-corrected chi connectivity index (χ3v) is 3.95. The van der Waals surface area contributed by atoms with Crippen LogP contribution >= 0.6 is 0 Å².